The average molecular weight is 263 g/mol. The van der Waals surface area contributed by atoms with Gasteiger partial charge in [-0.05, 0) is 6.92 Å². The number of carbonyl (C=O) groups excluding carboxylic acids is 2. The maximum atomic E-state index is 11.8. The van der Waals surface area contributed by atoms with Crippen LogP contribution in [0.4, 0.5) is 4.79 Å². The molecule has 96 valence electrons. The highest BCUT2D eigenvalue weighted by molar-refractivity contribution is 7.91. The summed E-state index contributed by atoms with van der Waals surface area (Å²) in [5, 5.41) is 0.366. The first-order valence-electron chi connectivity index (χ1n) is 4.76. The molecule has 1 aliphatic rings. The van der Waals surface area contributed by atoms with Gasteiger partial charge in [-0.1, -0.05) is 0 Å². The second kappa shape index (κ2) is 5.34. The average Bonchev–Trinajstić information content (AvgIpc) is 2.15. The number of nitrogens with zero attached hydrogens (tertiary/aromatic N) is 1. The van der Waals surface area contributed by atoms with Crippen LogP contribution in [-0.2, 0) is 19.6 Å². The summed E-state index contributed by atoms with van der Waals surface area (Å²) in [5.41, 5.74) is -0.0522. The molecular weight excluding hydrogens is 250 g/mol. The molecule has 0 radical (unpaired) electrons. The van der Waals surface area contributed by atoms with Gasteiger partial charge in [0.15, 0.2) is 5.25 Å². The molecule has 0 spiro atoms. The van der Waals surface area contributed by atoms with Crippen LogP contribution < -0.4 is 10.0 Å². The Labute approximate surface area is 98.5 Å². The highest BCUT2D eigenvalue weighted by Crippen LogP contribution is 2.07. The predicted molar refractivity (Wildman–Crippen MR) is 59.2 cm³/mol. The molecule has 3 amide bonds. The molecule has 2 N–H and O–H groups in total. The summed E-state index contributed by atoms with van der Waals surface area (Å²) in [4.78, 5) is 25.7. The van der Waals surface area contributed by atoms with Crippen molar-refractivity contribution in [1.82, 2.24) is 10.0 Å². The number of ether oxygens (including phenoxy) is 1. The monoisotopic (exact) mass is 263 g/mol. The third-order valence-corrected chi connectivity index (χ3v) is 3.83. The number of rotatable bonds is 5. The molecule has 0 aromatic heterocycles. The van der Waals surface area contributed by atoms with Gasteiger partial charge in [0.2, 0.25) is 10.0 Å². The van der Waals surface area contributed by atoms with E-state index in [1.165, 1.54) is 14.0 Å². The summed E-state index contributed by atoms with van der Waals surface area (Å²) < 4.78 is 30.4. The topological polar surface area (TPSA) is 114 Å². The van der Waals surface area contributed by atoms with Crippen molar-refractivity contribution in [1.29, 1.82) is 0 Å². The van der Waals surface area contributed by atoms with Crippen molar-refractivity contribution in [3.8, 4) is 0 Å². The summed E-state index contributed by atoms with van der Waals surface area (Å²) >= 11 is 0. The number of urea groups is 1. The van der Waals surface area contributed by atoms with Crippen molar-refractivity contribution >= 4 is 27.7 Å². The largest absolute Gasteiger partial charge is 0.383 e. The molecule has 0 saturated heterocycles. The van der Waals surface area contributed by atoms with Gasteiger partial charge in [-0.25, -0.2) is 22.9 Å². The lowest BCUT2D eigenvalue weighted by atomic mass is 10.2. The summed E-state index contributed by atoms with van der Waals surface area (Å²) in [7, 11) is -2.48. The number of carbonyl (C=O) groups is 2. The Morgan fingerprint density at radius 2 is 2.12 bits per heavy atom. The number of aliphatic imine (C=N–C) groups is 1. The molecule has 0 saturated carbocycles. The maximum Gasteiger partial charge on any atom is 0.347 e. The van der Waals surface area contributed by atoms with Crippen LogP contribution in [0, 0.1) is 0 Å². The van der Waals surface area contributed by atoms with Gasteiger partial charge < -0.3 is 4.74 Å². The van der Waals surface area contributed by atoms with Crippen LogP contribution in [0.3, 0.4) is 0 Å². The molecule has 17 heavy (non-hydrogen) atoms. The summed E-state index contributed by atoms with van der Waals surface area (Å²) in [6.45, 7) is 1.55. The third kappa shape index (κ3) is 3.32. The summed E-state index contributed by atoms with van der Waals surface area (Å²) in [6, 6.07) is -0.851. The molecule has 1 atom stereocenters. The van der Waals surface area contributed by atoms with Crippen LogP contribution in [0.15, 0.2) is 4.99 Å². The predicted octanol–water partition coefficient (Wildman–Crippen LogP) is -1.37. The SMILES string of the molecule is COCCNS(=O)(=O)C1C(=O)NC(=O)N=C1C. The van der Waals surface area contributed by atoms with Crippen LogP contribution in [0.5, 0.6) is 0 Å². The zero-order chi connectivity index (χ0) is 13.1. The minimum Gasteiger partial charge on any atom is -0.383 e. The second-order valence-electron chi connectivity index (χ2n) is 3.36. The second-order valence-corrected chi connectivity index (χ2v) is 5.21. The van der Waals surface area contributed by atoms with E-state index < -0.39 is 27.2 Å². The van der Waals surface area contributed by atoms with Gasteiger partial charge in [-0.2, -0.15) is 0 Å². The normalized spacial score (nSPS) is 21.1. The van der Waals surface area contributed by atoms with Crippen LogP contribution >= 0.6 is 0 Å². The third-order valence-electron chi connectivity index (χ3n) is 2.05. The first-order valence-corrected chi connectivity index (χ1v) is 6.30. The Bertz CT molecular complexity index is 456. The molecule has 0 aromatic carbocycles. The fourth-order valence-electron chi connectivity index (χ4n) is 1.34. The van der Waals surface area contributed by atoms with Gasteiger partial charge in [0.1, 0.15) is 0 Å². The first kappa shape index (κ1) is 13.7. The van der Waals surface area contributed by atoms with Gasteiger partial charge in [0.05, 0.1) is 6.61 Å². The fourth-order valence-corrected chi connectivity index (χ4v) is 2.72. The molecule has 1 aliphatic heterocycles. The number of nitrogens with one attached hydrogen (secondary N) is 2. The number of imide groups is 1. The Morgan fingerprint density at radius 1 is 1.47 bits per heavy atom. The lowest BCUT2D eigenvalue weighted by molar-refractivity contribution is -0.118. The van der Waals surface area contributed by atoms with E-state index in [-0.39, 0.29) is 18.9 Å². The number of hydrogen-bond acceptors (Lipinski definition) is 5. The number of hydrogen-bond donors (Lipinski definition) is 2. The van der Waals surface area contributed by atoms with E-state index in [0.717, 1.165) is 0 Å². The Hall–Kier alpha value is -1.32. The molecular formula is C8H13N3O5S. The Morgan fingerprint density at radius 3 is 2.65 bits per heavy atom. The van der Waals surface area contributed by atoms with Crippen molar-refractivity contribution in [2.24, 2.45) is 4.99 Å². The minimum atomic E-state index is -3.90. The molecule has 0 fully saturated rings. The van der Waals surface area contributed by atoms with Crippen molar-refractivity contribution in [2.45, 2.75) is 12.2 Å². The van der Waals surface area contributed by atoms with Crippen molar-refractivity contribution in [2.75, 3.05) is 20.3 Å². The maximum absolute atomic E-state index is 11.8. The van der Waals surface area contributed by atoms with Crippen LogP contribution in [0.1, 0.15) is 6.92 Å². The van der Waals surface area contributed by atoms with Gasteiger partial charge in [-0.15, -0.1) is 0 Å². The van der Waals surface area contributed by atoms with E-state index in [4.69, 9.17) is 0 Å². The molecule has 0 aliphatic carbocycles. The summed E-state index contributed by atoms with van der Waals surface area (Å²) in [6.07, 6.45) is 0. The highest BCUT2D eigenvalue weighted by Gasteiger charge is 2.38. The van der Waals surface area contributed by atoms with E-state index in [9.17, 15) is 18.0 Å². The fraction of sp³-hybridized carbons (Fsp3) is 0.625. The lowest BCUT2D eigenvalue weighted by Crippen LogP contribution is -2.53. The van der Waals surface area contributed by atoms with Gasteiger partial charge in [0, 0.05) is 19.4 Å². The van der Waals surface area contributed by atoms with E-state index in [0.29, 0.717) is 0 Å². The molecule has 1 heterocycles. The first-order chi connectivity index (χ1) is 7.88. The molecule has 8 nitrogen and oxygen atoms in total. The van der Waals surface area contributed by atoms with E-state index in [1.807, 2.05) is 5.32 Å². The smallest absolute Gasteiger partial charge is 0.347 e. The van der Waals surface area contributed by atoms with Crippen LogP contribution in [0.25, 0.3) is 0 Å². The molecule has 1 rings (SSSR count). The molecule has 1 unspecified atom stereocenters. The van der Waals surface area contributed by atoms with Crippen molar-refractivity contribution in [3.05, 3.63) is 0 Å². The van der Waals surface area contributed by atoms with Crippen LogP contribution in [-0.4, -0.2) is 51.6 Å². The van der Waals surface area contributed by atoms with Gasteiger partial charge in [0.25, 0.3) is 5.91 Å². The molecule has 9 heteroatoms. The standard InChI is InChI=1S/C8H13N3O5S/c1-5-6(7(12)11-8(13)10-5)17(14,15)9-3-4-16-2/h6,9H,3-4H2,1-2H3,(H,11,12,13). The van der Waals surface area contributed by atoms with E-state index in [1.54, 1.807) is 0 Å². The minimum absolute atomic E-state index is 0.0455. The zero-order valence-electron chi connectivity index (χ0n) is 9.39. The number of amides is 3. The van der Waals surface area contributed by atoms with Crippen molar-refractivity contribution in [3.63, 3.8) is 0 Å². The zero-order valence-corrected chi connectivity index (χ0v) is 10.2. The highest BCUT2D eigenvalue weighted by atomic mass is 32.2. The molecule has 0 aromatic rings. The summed E-state index contributed by atoms with van der Waals surface area (Å²) in [5.74, 6) is -0.896. The Kier molecular flexibility index (Phi) is 4.32. The van der Waals surface area contributed by atoms with Crippen LogP contribution in [0.2, 0.25) is 0 Å². The Balaban J connectivity index is 2.87. The van der Waals surface area contributed by atoms with Crippen molar-refractivity contribution < 1.29 is 22.7 Å². The lowest BCUT2D eigenvalue weighted by Gasteiger charge is -2.19. The van der Waals surface area contributed by atoms with Gasteiger partial charge >= 0.3 is 6.03 Å². The molecule has 0 bridgehead atoms. The number of methoxy groups -OCH3 is 1. The van der Waals surface area contributed by atoms with E-state index in [2.05, 4.69) is 14.5 Å². The number of sulfonamides is 1. The van der Waals surface area contributed by atoms with E-state index >= 15 is 0 Å². The van der Waals surface area contributed by atoms with Gasteiger partial charge in [-0.3, -0.25) is 10.1 Å². The quantitative estimate of drug-likeness (QED) is 0.594.